The Morgan fingerprint density at radius 1 is 0.875 bits per heavy atom. The summed E-state index contributed by atoms with van der Waals surface area (Å²) in [4.78, 5) is 9.78. The van der Waals surface area contributed by atoms with Gasteiger partial charge in [0.2, 0.25) is 0 Å². The van der Waals surface area contributed by atoms with E-state index < -0.39 is 0 Å². The van der Waals surface area contributed by atoms with Gasteiger partial charge in [-0.05, 0) is 43.6 Å². The smallest absolute Gasteiger partial charge is 0.123 e. The molecule has 0 radical (unpaired) electrons. The summed E-state index contributed by atoms with van der Waals surface area (Å²) in [6.07, 6.45) is 6.24. The molecule has 0 N–H and O–H groups in total. The normalized spacial score (nSPS) is 19.4. The summed E-state index contributed by atoms with van der Waals surface area (Å²) in [7, 11) is 0. The molecule has 0 atom stereocenters. The molecule has 1 aromatic carbocycles. The summed E-state index contributed by atoms with van der Waals surface area (Å²) in [5.41, 5.74) is 2.36. The Morgan fingerprint density at radius 3 is 2.46 bits per heavy atom. The summed E-state index contributed by atoms with van der Waals surface area (Å²) in [5.74, 6) is 0.991. The third-order valence-corrected chi connectivity index (χ3v) is 5.08. The first-order valence-corrected chi connectivity index (χ1v) is 9.00. The Balaban J connectivity index is 1.38. The van der Waals surface area contributed by atoms with Gasteiger partial charge in [-0.1, -0.05) is 18.6 Å². The first-order valence-electron chi connectivity index (χ1n) is 9.00. The van der Waals surface area contributed by atoms with E-state index in [1.54, 1.807) is 0 Å². The summed E-state index contributed by atoms with van der Waals surface area (Å²) in [5, 5.41) is 0. The van der Waals surface area contributed by atoms with Crippen molar-refractivity contribution in [3.05, 3.63) is 53.4 Å². The van der Waals surface area contributed by atoms with E-state index in [4.69, 9.17) is 4.98 Å². The van der Waals surface area contributed by atoms with Crippen LogP contribution < -0.4 is 0 Å². The predicted octanol–water partition coefficient (Wildman–Crippen LogP) is 3.02. The molecule has 1 fully saturated rings. The van der Waals surface area contributed by atoms with Crippen LogP contribution in [0.5, 0.6) is 0 Å². The fourth-order valence-corrected chi connectivity index (χ4v) is 3.77. The van der Waals surface area contributed by atoms with Crippen LogP contribution in [0.25, 0.3) is 0 Å². The van der Waals surface area contributed by atoms with Crippen LogP contribution >= 0.6 is 0 Å². The highest BCUT2D eigenvalue weighted by molar-refractivity contribution is 5.16. The Kier molecular flexibility index (Phi) is 4.63. The topological polar surface area (TPSA) is 24.3 Å². The van der Waals surface area contributed by atoms with E-state index >= 15 is 0 Å². The lowest BCUT2D eigenvalue weighted by molar-refractivity contribution is 0.208. The molecular weight excluding hydrogens is 303 g/mol. The minimum Gasteiger partial charge on any atom is -0.332 e. The van der Waals surface area contributed by atoms with Crippen molar-refractivity contribution in [2.24, 2.45) is 0 Å². The zero-order valence-electron chi connectivity index (χ0n) is 14.1. The van der Waals surface area contributed by atoms with Gasteiger partial charge in [0.1, 0.15) is 11.6 Å². The van der Waals surface area contributed by atoms with Crippen LogP contribution in [0.15, 0.2) is 30.5 Å². The molecule has 0 aliphatic carbocycles. The molecule has 0 saturated carbocycles. The molecule has 0 bridgehead atoms. The molecule has 128 valence electrons. The van der Waals surface area contributed by atoms with E-state index in [2.05, 4.69) is 20.6 Å². The van der Waals surface area contributed by atoms with Gasteiger partial charge in [-0.25, -0.2) is 9.37 Å². The molecule has 4 rings (SSSR count). The molecule has 3 heterocycles. The van der Waals surface area contributed by atoms with Crippen molar-refractivity contribution in [3.63, 3.8) is 0 Å². The van der Waals surface area contributed by atoms with Gasteiger partial charge < -0.3 is 4.57 Å². The molecule has 2 aliphatic rings. The van der Waals surface area contributed by atoms with Gasteiger partial charge in [0.15, 0.2) is 0 Å². The van der Waals surface area contributed by atoms with Gasteiger partial charge in [0.25, 0.3) is 0 Å². The quantitative estimate of drug-likeness (QED) is 0.862. The zero-order valence-corrected chi connectivity index (χ0v) is 14.1. The molecule has 2 aliphatic heterocycles. The van der Waals surface area contributed by atoms with Crippen molar-refractivity contribution in [3.8, 4) is 0 Å². The average molecular weight is 328 g/mol. The van der Waals surface area contributed by atoms with Crippen molar-refractivity contribution in [2.45, 2.75) is 45.4 Å². The largest absolute Gasteiger partial charge is 0.332 e. The van der Waals surface area contributed by atoms with Gasteiger partial charge in [0.05, 0.1) is 12.2 Å². The SMILES string of the molecule is Fc1ccc(CN2CCn3cc(CN4CCCCC4)nc3C2)cc1. The lowest BCUT2D eigenvalue weighted by Crippen LogP contribution is -2.33. The van der Waals surface area contributed by atoms with Crippen LogP contribution in [0.4, 0.5) is 4.39 Å². The lowest BCUT2D eigenvalue weighted by Gasteiger charge is -2.27. The number of imidazole rings is 1. The van der Waals surface area contributed by atoms with Crippen molar-refractivity contribution in [1.82, 2.24) is 19.4 Å². The summed E-state index contributed by atoms with van der Waals surface area (Å²) >= 11 is 0. The van der Waals surface area contributed by atoms with E-state index in [0.29, 0.717) is 0 Å². The first-order chi connectivity index (χ1) is 11.8. The van der Waals surface area contributed by atoms with Crippen LogP contribution in [0, 0.1) is 5.82 Å². The number of benzene rings is 1. The Morgan fingerprint density at radius 2 is 1.67 bits per heavy atom. The number of hydrogen-bond donors (Lipinski definition) is 0. The van der Waals surface area contributed by atoms with Crippen LogP contribution in [0.1, 0.15) is 36.3 Å². The fraction of sp³-hybridized carbons (Fsp3) is 0.526. The third-order valence-electron chi connectivity index (χ3n) is 5.08. The third kappa shape index (κ3) is 3.68. The Labute approximate surface area is 142 Å². The minimum absolute atomic E-state index is 0.171. The van der Waals surface area contributed by atoms with Gasteiger partial charge in [0, 0.05) is 32.4 Å². The van der Waals surface area contributed by atoms with Crippen LogP contribution in [0.3, 0.4) is 0 Å². The lowest BCUT2D eigenvalue weighted by atomic mass is 10.1. The van der Waals surface area contributed by atoms with E-state index in [1.807, 2.05) is 12.1 Å². The maximum atomic E-state index is 13.0. The molecule has 5 heteroatoms. The monoisotopic (exact) mass is 328 g/mol. The molecule has 0 amide bonds. The predicted molar refractivity (Wildman–Crippen MR) is 91.9 cm³/mol. The highest BCUT2D eigenvalue weighted by atomic mass is 19.1. The van der Waals surface area contributed by atoms with E-state index in [9.17, 15) is 4.39 Å². The van der Waals surface area contributed by atoms with Gasteiger partial charge >= 0.3 is 0 Å². The molecule has 1 aromatic heterocycles. The molecule has 2 aromatic rings. The zero-order chi connectivity index (χ0) is 16.4. The number of nitrogens with zero attached hydrogens (tertiary/aromatic N) is 4. The second kappa shape index (κ2) is 7.03. The standard InChI is InChI=1S/C19H25FN4/c20-17-6-4-16(5-7-17)12-23-10-11-24-14-18(21-19(24)15-23)13-22-8-2-1-3-9-22/h4-7,14H,1-3,8-13,15H2. The summed E-state index contributed by atoms with van der Waals surface area (Å²) in [6, 6.07) is 6.82. The van der Waals surface area contributed by atoms with Crippen LogP contribution in [-0.2, 0) is 26.2 Å². The van der Waals surface area contributed by atoms with Crippen molar-refractivity contribution in [1.29, 1.82) is 0 Å². The molecule has 4 nitrogen and oxygen atoms in total. The second-order valence-corrected chi connectivity index (χ2v) is 7.02. The fourth-order valence-electron chi connectivity index (χ4n) is 3.77. The highest BCUT2D eigenvalue weighted by Crippen LogP contribution is 2.18. The van der Waals surface area contributed by atoms with Crippen LogP contribution in [0.2, 0.25) is 0 Å². The molecular formula is C19H25FN4. The Hall–Kier alpha value is -1.72. The summed E-state index contributed by atoms with van der Waals surface area (Å²) in [6.45, 7) is 7.13. The van der Waals surface area contributed by atoms with Gasteiger partial charge in [-0.2, -0.15) is 0 Å². The molecule has 24 heavy (non-hydrogen) atoms. The maximum absolute atomic E-state index is 13.0. The number of hydrogen-bond acceptors (Lipinski definition) is 3. The number of aromatic nitrogens is 2. The highest BCUT2D eigenvalue weighted by Gasteiger charge is 2.20. The van der Waals surface area contributed by atoms with E-state index in [-0.39, 0.29) is 5.82 Å². The van der Waals surface area contributed by atoms with E-state index in [0.717, 1.165) is 44.1 Å². The van der Waals surface area contributed by atoms with Crippen LogP contribution in [-0.4, -0.2) is 39.0 Å². The summed E-state index contributed by atoms with van der Waals surface area (Å²) < 4.78 is 15.3. The number of fused-ring (bicyclic) bond motifs is 1. The van der Waals surface area contributed by atoms with Gasteiger partial charge in [-0.15, -0.1) is 0 Å². The minimum atomic E-state index is -0.171. The Bertz CT molecular complexity index is 673. The molecule has 1 saturated heterocycles. The van der Waals surface area contributed by atoms with Crippen molar-refractivity contribution in [2.75, 3.05) is 19.6 Å². The average Bonchev–Trinajstić information content (AvgIpc) is 2.99. The number of halogens is 1. The molecule has 0 spiro atoms. The number of likely N-dealkylation sites (tertiary alicyclic amines) is 1. The number of piperidine rings is 1. The molecule has 0 unspecified atom stereocenters. The van der Waals surface area contributed by atoms with Crippen molar-refractivity contribution >= 4 is 0 Å². The number of rotatable bonds is 4. The van der Waals surface area contributed by atoms with Gasteiger partial charge in [-0.3, -0.25) is 9.80 Å². The van der Waals surface area contributed by atoms with E-state index in [1.165, 1.54) is 50.2 Å². The maximum Gasteiger partial charge on any atom is 0.123 e. The van der Waals surface area contributed by atoms with Crippen molar-refractivity contribution < 1.29 is 4.39 Å². The first kappa shape index (κ1) is 15.8. The second-order valence-electron chi connectivity index (χ2n) is 7.02.